The second-order valence-electron chi connectivity index (χ2n) is 4.71. The van der Waals surface area contributed by atoms with Gasteiger partial charge in [0.2, 0.25) is 0 Å². The Balaban J connectivity index is 2.45. The highest BCUT2D eigenvalue weighted by atomic mass is 16.5. The molecule has 1 aliphatic heterocycles. The van der Waals surface area contributed by atoms with Crippen LogP contribution in [-0.4, -0.2) is 24.3 Å². The van der Waals surface area contributed by atoms with E-state index >= 15 is 0 Å². The van der Waals surface area contributed by atoms with Gasteiger partial charge in [-0.05, 0) is 31.5 Å². The highest BCUT2D eigenvalue weighted by Gasteiger charge is 2.31. The molecule has 1 atom stereocenters. The molecule has 0 N–H and O–H groups in total. The Labute approximate surface area is 113 Å². The Morgan fingerprint density at radius 2 is 2.11 bits per heavy atom. The average Bonchev–Trinajstić information content (AvgIpc) is 2.42. The standard InChI is InChI=1S/C15H19NO3/c1-4-8-16-12-9-11(13(17)5-2)6-7-14(12)19-10(3)15(16)18/h6-7,9-10H,4-5,8H2,1-3H3. The van der Waals surface area contributed by atoms with Crippen LogP contribution in [0.1, 0.15) is 44.0 Å². The van der Waals surface area contributed by atoms with Crippen molar-refractivity contribution < 1.29 is 14.3 Å². The molecule has 0 fully saturated rings. The number of hydrogen-bond donors (Lipinski definition) is 0. The molecule has 19 heavy (non-hydrogen) atoms. The Kier molecular flexibility index (Phi) is 3.88. The van der Waals surface area contributed by atoms with Gasteiger partial charge in [-0.15, -0.1) is 0 Å². The van der Waals surface area contributed by atoms with E-state index in [4.69, 9.17) is 4.74 Å². The number of Topliss-reactive ketones (excluding diaryl/α,β-unsaturated/α-hetero) is 1. The summed E-state index contributed by atoms with van der Waals surface area (Å²) in [5.41, 5.74) is 1.34. The van der Waals surface area contributed by atoms with Gasteiger partial charge in [0.1, 0.15) is 5.75 Å². The van der Waals surface area contributed by atoms with Gasteiger partial charge in [0.25, 0.3) is 5.91 Å². The summed E-state index contributed by atoms with van der Waals surface area (Å²) in [6.45, 7) is 6.24. The zero-order chi connectivity index (χ0) is 14.0. The molecule has 0 saturated heterocycles. The van der Waals surface area contributed by atoms with Crippen molar-refractivity contribution in [3.05, 3.63) is 23.8 Å². The summed E-state index contributed by atoms with van der Waals surface area (Å²) in [5.74, 6) is 0.703. The quantitative estimate of drug-likeness (QED) is 0.783. The first-order chi connectivity index (χ1) is 9.08. The molecule has 4 nitrogen and oxygen atoms in total. The average molecular weight is 261 g/mol. The number of amides is 1. The lowest BCUT2D eigenvalue weighted by molar-refractivity contribution is -0.125. The number of benzene rings is 1. The topological polar surface area (TPSA) is 46.6 Å². The summed E-state index contributed by atoms with van der Waals surface area (Å²) in [6.07, 6.45) is 0.855. The Morgan fingerprint density at radius 1 is 1.37 bits per heavy atom. The highest BCUT2D eigenvalue weighted by molar-refractivity contribution is 6.02. The van der Waals surface area contributed by atoms with Crippen LogP contribution in [0, 0.1) is 0 Å². The molecule has 102 valence electrons. The van der Waals surface area contributed by atoms with Gasteiger partial charge < -0.3 is 9.64 Å². The second-order valence-corrected chi connectivity index (χ2v) is 4.71. The molecule has 1 aromatic rings. The lowest BCUT2D eigenvalue weighted by Crippen LogP contribution is -2.44. The first-order valence-corrected chi connectivity index (χ1v) is 6.73. The number of hydrogen-bond acceptors (Lipinski definition) is 3. The van der Waals surface area contributed by atoms with Gasteiger partial charge in [-0.2, -0.15) is 0 Å². The van der Waals surface area contributed by atoms with E-state index < -0.39 is 6.10 Å². The molecule has 1 heterocycles. The molecule has 0 saturated carbocycles. The van der Waals surface area contributed by atoms with E-state index in [1.54, 1.807) is 30.0 Å². The van der Waals surface area contributed by atoms with Crippen molar-refractivity contribution in [3.8, 4) is 5.75 Å². The third-order valence-electron chi connectivity index (χ3n) is 3.26. The number of ketones is 1. The third-order valence-corrected chi connectivity index (χ3v) is 3.26. The van der Waals surface area contributed by atoms with E-state index in [9.17, 15) is 9.59 Å². The monoisotopic (exact) mass is 261 g/mol. The highest BCUT2D eigenvalue weighted by Crippen LogP contribution is 2.35. The molecule has 4 heteroatoms. The van der Waals surface area contributed by atoms with Crippen molar-refractivity contribution in [1.82, 2.24) is 0 Å². The van der Waals surface area contributed by atoms with Crippen LogP contribution in [0.15, 0.2) is 18.2 Å². The second kappa shape index (κ2) is 5.43. The van der Waals surface area contributed by atoms with Gasteiger partial charge in [-0.25, -0.2) is 0 Å². The Hall–Kier alpha value is -1.84. The predicted octanol–water partition coefficient (Wildman–Crippen LogP) is 2.80. The van der Waals surface area contributed by atoms with Crippen molar-refractivity contribution in [2.24, 2.45) is 0 Å². The fourth-order valence-electron chi connectivity index (χ4n) is 2.24. The van der Waals surface area contributed by atoms with E-state index in [0.717, 1.165) is 6.42 Å². The SMILES string of the molecule is CCCN1C(=O)C(C)Oc2ccc(C(=O)CC)cc21. The van der Waals surface area contributed by atoms with Gasteiger partial charge in [-0.3, -0.25) is 9.59 Å². The van der Waals surface area contributed by atoms with Crippen LogP contribution in [0.25, 0.3) is 0 Å². The molecule has 1 aromatic carbocycles. The molecular formula is C15H19NO3. The molecule has 0 spiro atoms. The Morgan fingerprint density at radius 3 is 2.74 bits per heavy atom. The molecule has 2 rings (SSSR count). The van der Waals surface area contributed by atoms with Crippen molar-refractivity contribution in [1.29, 1.82) is 0 Å². The first-order valence-electron chi connectivity index (χ1n) is 6.73. The van der Waals surface area contributed by atoms with Crippen LogP contribution in [0.5, 0.6) is 5.75 Å². The largest absolute Gasteiger partial charge is 0.479 e. The zero-order valence-electron chi connectivity index (χ0n) is 11.6. The molecular weight excluding hydrogens is 242 g/mol. The summed E-state index contributed by atoms with van der Waals surface area (Å²) in [6, 6.07) is 5.31. The predicted molar refractivity (Wildman–Crippen MR) is 73.8 cm³/mol. The molecule has 1 aliphatic rings. The van der Waals surface area contributed by atoms with Gasteiger partial charge in [-0.1, -0.05) is 13.8 Å². The number of carbonyl (C=O) groups excluding carboxylic acids is 2. The molecule has 0 bridgehead atoms. The van der Waals surface area contributed by atoms with Crippen molar-refractivity contribution >= 4 is 17.4 Å². The maximum atomic E-state index is 12.1. The maximum absolute atomic E-state index is 12.1. The van der Waals surface area contributed by atoms with Crippen molar-refractivity contribution in [3.63, 3.8) is 0 Å². The minimum Gasteiger partial charge on any atom is -0.479 e. The normalized spacial score (nSPS) is 17.9. The summed E-state index contributed by atoms with van der Waals surface area (Å²) < 4.78 is 5.59. The van der Waals surface area contributed by atoms with Gasteiger partial charge in [0.05, 0.1) is 5.69 Å². The van der Waals surface area contributed by atoms with Crippen LogP contribution in [0.4, 0.5) is 5.69 Å². The molecule has 0 radical (unpaired) electrons. The van der Waals surface area contributed by atoms with Crippen molar-refractivity contribution in [2.75, 3.05) is 11.4 Å². The number of carbonyl (C=O) groups is 2. The van der Waals surface area contributed by atoms with E-state index in [1.807, 2.05) is 13.8 Å². The van der Waals surface area contributed by atoms with Crippen LogP contribution in [-0.2, 0) is 4.79 Å². The summed E-state index contributed by atoms with van der Waals surface area (Å²) >= 11 is 0. The van der Waals surface area contributed by atoms with Gasteiger partial charge >= 0.3 is 0 Å². The number of anilines is 1. The minimum atomic E-state index is -0.466. The number of fused-ring (bicyclic) bond motifs is 1. The molecule has 1 amide bonds. The van der Waals surface area contributed by atoms with Crippen LogP contribution < -0.4 is 9.64 Å². The zero-order valence-corrected chi connectivity index (χ0v) is 11.6. The van der Waals surface area contributed by atoms with Crippen LogP contribution in [0.3, 0.4) is 0 Å². The first kappa shape index (κ1) is 13.6. The lowest BCUT2D eigenvalue weighted by atomic mass is 10.1. The molecule has 0 aliphatic carbocycles. The molecule has 0 aromatic heterocycles. The fraction of sp³-hybridized carbons (Fsp3) is 0.467. The van der Waals surface area contributed by atoms with Crippen LogP contribution >= 0.6 is 0 Å². The van der Waals surface area contributed by atoms with E-state index in [0.29, 0.717) is 30.0 Å². The van der Waals surface area contributed by atoms with Crippen molar-refractivity contribution in [2.45, 2.75) is 39.7 Å². The summed E-state index contributed by atoms with van der Waals surface area (Å²) in [5, 5.41) is 0. The molecule has 1 unspecified atom stereocenters. The fourth-order valence-corrected chi connectivity index (χ4v) is 2.24. The number of ether oxygens (including phenoxy) is 1. The maximum Gasteiger partial charge on any atom is 0.267 e. The van der Waals surface area contributed by atoms with E-state index in [-0.39, 0.29) is 11.7 Å². The lowest BCUT2D eigenvalue weighted by Gasteiger charge is -2.33. The minimum absolute atomic E-state index is 0.0459. The third kappa shape index (κ3) is 2.48. The summed E-state index contributed by atoms with van der Waals surface area (Å²) in [4.78, 5) is 25.6. The van der Waals surface area contributed by atoms with E-state index in [2.05, 4.69) is 0 Å². The number of rotatable bonds is 4. The Bertz CT molecular complexity index is 510. The van der Waals surface area contributed by atoms with Gasteiger partial charge in [0.15, 0.2) is 11.9 Å². The van der Waals surface area contributed by atoms with Gasteiger partial charge in [0, 0.05) is 18.5 Å². The van der Waals surface area contributed by atoms with Crippen LogP contribution in [0.2, 0.25) is 0 Å². The van der Waals surface area contributed by atoms with E-state index in [1.165, 1.54) is 0 Å². The summed E-state index contributed by atoms with van der Waals surface area (Å²) in [7, 11) is 0. The smallest absolute Gasteiger partial charge is 0.267 e. The number of nitrogens with zero attached hydrogens (tertiary/aromatic N) is 1.